The molecule has 2 heterocycles. The summed E-state index contributed by atoms with van der Waals surface area (Å²) in [6, 6.07) is 12.3. The molecule has 1 saturated heterocycles. The zero-order valence-corrected chi connectivity index (χ0v) is 17.4. The number of rotatable bonds is 4. The van der Waals surface area contributed by atoms with Crippen molar-refractivity contribution < 1.29 is 13.9 Å². The number of benzene rings is 2. The molecule has 0 aliphatic carbocycles. The highest BCUT2D eigenvalue weighted by Crippen LogP contribution is 2.27. The first-order valence-electron chi connectivity index (χ1n) is 10.2. The lowest BCUT2D eigenvalue weighted by Gasteiger charge is -2.24. The highest BCUT2D eigenvalue weighted by Gasteiger charge is 2.21. The minimum absolute atomic E-state index is 0.169. The van der Waals surface area contributed by atoms with Gasteiger partial charge in [-0.2, -0.15) is 0 Å². The van der Waals surface area contributed by atoms with Crippen molar-refractivity contribution in [1.82, 2.24) is 4.90 Å². The van der Waals surface area contributed by atoms with Crippen molar-refractivity contribution in [1.29, 1.82) is 0 Å². The van der Waals surface area contributed by atoms with Crippen LogP contribution in [-0.2, 0) is 11.2 Å². The van der Waals surface area contributed by atoms with Crippen molar-refractivity contribution >= 4 is 22.6 Å². The molecule has 1 aliphatic heterocycles. The number of hydrogen-bond acceptors (Lipinski definition) is 4. The van der Waals surface area contributed by atoms with Gasteiger partial charge in [0.15, 0.2) is 0 Å². The third-order valence-corrected chi connectivity index (χ3v) is 5.97. The number of aryl methyl sites for hydroxylation is 2. The van der Waals surface area contributed by atoms with E-state index in [0.717, 1.165) is 60.4 Å². The van der Waals surface area contributed by atoms with E-state index in [2.05, 4.69) is 43.0 Å². The van der Waals surface area contributed by atoms with Gasteiger partial charge in [-0.3, -0.25) is 4.79 Å². The maximum Gasteiger partial charge on any atom is 0.227 e. The van der Waals surface area contributed by atoms with Crippen LogP contribution in [0.5, 0.6) is 5.75 Å². The molecule has 1 aromatic heterocycles. The molecule has 0 spiro atoms. The summed E-state index contributed by atoms with van der Waals surface area (Å²) in [6.07, 6.45) is 3.09. The molecule has 5 nitrogen and oxygen atoms in total. The average molecular weight is 392 g/mol. The number of carbonyl (C=O) groups excluding carboxylic acids is 1. The number of hydrogen-bond donors (Lipinski definition) is 0. The lowest BCUT2D eigenvalue weighted by Crippen LogP contribution is -2.36. The maximum atomic E-state index is 13.0. The highest BCUT2D eigenvalue weighted by atomic mass is 16.5. The monoisotopic (exact) mass is 392 g/mol. The zero-order valence-electron chi connectivity index (χ0n) is 17.4. The molecule has 0 N–H and O–H groups in total. The smallest absolute Gasteiger partial charge is 0.227 e. The normalized spacial score (nSPS) is 14.9. The summed E-state index contributed by atoms with van der Waals surface area (Å²) in [5, 5.41) is 1.05. The quantitative estimate of drug-likeness (QED) is 0.663. The van der Waals surface area contributed by atoms with Crippen LogP contribution in [0.4, 0.5) is 5.69 Å². The largest absolute Gasteiger partial charge is 0.497 e. The second-order valence-electron chi connectivity index (χ2n) is 7.74. The van der Waals surface area contributed by atoms with Crippen molar-refractivity contribution in [2.75, 3.05) is 38.2 Å². The topological polar surface area (TPSA) is 45.9 Å². The zero-order chi connectivity index (χ0) is 20.4. The van der Waals surface area contributed by atoms with Crippen LogP contribution in [0.25, 0.3) is 11.0 Å². The fraction of sp³-hybridized carbons (Fsp3) is 0.375. The Hall–Kier alpha value is -2.95. The van der Waals surface area contributed by atoms with Gasteiger partial charge in [-0.25, -0.2) is 0 Å². The third-order valence-electron chi connectivity index (χ3n) is 5.97. The van der Waals surface area contributed by atoms with E-state index in [4.69, 9.17) is 9.15 Å². The molecule has 0 unspecified atom stereocenters. The lowest BCUT2D eigenvalue weighted by molar-refractivity contribution is -0.130. The number of amides is 1. The molecule has 0 atom stereocenters. The van der Waals surface area contributed by atoms with E-state index in [9.17, 15) is 4.79 Å². The molecular formula is C24H28N2O3. The molecule has 152 valence electrons. The van der Waals surface area contributed by atoms with Crippen molar-refractivity contribution in [2.45, 2.75) is 26.7 Å². The molecule has 29 heavy (non-hydrogen) atoms. The Bertz CT molecular complexity index is 1010. The van der Waals surface area contributed by atoms with Gasteiger partial charge in [0.25, 0.3) is 0 Å². The summed E-state index contributed by atoms with van der Waals surface area (Å²) in [5.41, 5.74) is 5.40. The van der Waals surface area contributed by atoms with E-state index in [1.165, 1.54) is 11.3 Å². The molecule has 4 rings (SSSR count). The summed E-state index contributed by atoms with van der Waals surface area (Å²) >= 11 is 0. The van der Waals surface area contributed by atoms with E-state index in [1.54, 1.807) is 13.4 Å². The second-order valence-corrected chi connectivity index (χ2v) is 7.74. The van der Waals surface area contributed by atoms with Crippen LogP contribution < -0.4 is 9.64 Å². The van der Waals surface area contributed by atoms with E-state index < -0.39 is 0 Å². The number of fused-ring (bicyclic) bond motifs is 1. The van der Waals surface area contributed by atoms with Gasteiger partial charge in [0.1, 0.15) is 11.3 Å². The molecular weight excluding hydrogens is 364 g/mol. The molecule has 2 aromatic carbocycles. The molecule has 1 fully saturated rings. The standard InChI is InChI=1S/C24H28N2O3/c1-17-5-10-22-19(16-29-24(22)18(17)2)15-23(27)26-12-4-11-25(13-14-26)20-6-8-21(28-3)9-7-20/h5-10,16H,4,11-15H2,1-3H3. The fourth-order valence-electron chi connectivity index (χ4n) is 4.02. The van der Waals surface area contributed by atoms with Crippen molar-refractivity contribution in [3.8, 4) is 5.75 Å². The number of ether oxygens (including phenoxy) is 1. The fourth-order valence-corrected chi connectivity index (χ4v) is 4.02. The van der Waals surface area contributed by atoms with Crippen molar-refractivity contribution in [3.05, 3.63) is 59.4 Å². The van der Waals surface area contributed by atoms with Gasteiger partial charge in [-0.05, 0) is 55.7 Å². The summed E-state index contributed by atoms with van der Waals surface area (Å²) in [7, 11) is 1.68. The van der Waals surface area contributed by atoms with Crippen LogP contribution in [0.2, 0.25) is 0 Å². The molecule has 0 radical (unpaired) electrons. The lowest BCUT2D eigenvalue weighted by atomic mass is 10.0. The van der Waals surface area contributed by atoms with E-state index in [-0.39, 0.29) is 5.91 Å². The second kappa shape index (κ2) is 8.19. The van der Waals surface area contributed by atoms with E-state index in [0.29, 0.717) is 6.42 Å². The Balaban J connectivity index is 1.43. The summed E-state index contributed by atoms with van der Waals surface area (Å²) < 4.78 is 11.0. The van der Waals surface area contributed by atoms with Crippen LogP contribution in [0.15, 0.2) is 47.1 Å². The van der Waals surface area contributed by atoms with Crippen LogP contribution in [0.3, 0.4) is 0 Å². The third kappa shape index (κ3) is 3.95. The van der Waals surface area contributed by atoms with Crippen LogP contribution in [0, 0.1) is 13.8 Å². The first-order chi connectivity index (χ1) is 14.1. The molecule has 0 bridgehead atoms. The predicted molar refractivity (Wildman–Crippen MR) is 116 cm³/mol. The molecule has 1 amide bonds. The number of methoxy groups -OCH3 is 1. The van der Waals surface area contributed by atoms with Gasteiger partial charge < -0.3 is 19.0 Å². The molecule has 0 saturated carbocycles. The van der Waals surface area contributed by atoms with Crippen molar-refractivity contribution in [2.24, 2.45) is 0 Å². The Labute approximate surface area is 171 Å². The Morgan fingerprint density at radius 1 is 1.03 bits per heavy atom. The van der Waals surface area contributed by atoms with E-state index in [1.807, 2.05) is 17.0 Å². The van der Waals surface area contributed by atoms with Gasteiger partial charge in [-0.15, -0.1) is 0 Å². The van der Waals surface area contributed by atoms with Gasteiger partial charge in [0.05, 0.1) is 19.8 Å². The summed E-state index contributed by atoms with van der Waals surface area (Å²) in [4.78, 5) is 17.3. The summed E-state index contributed by atoms with van der Waals surface area (Å²) in [5.74, 6) is 1.03. The predicted octanol–water partition coefficient (Wildman–Crippen LogP) is 4.34. The number of anilines is 1. The number of nitrogens with zero attached hydrogens (tertiary/aromatic N) is 2. The average Bonchev–Trinajstić information content (AvgIpc) is 2.98. The minimum atomic E-state index is 0.169. The minimum Gasteiger partial charge on any atom is -0.497 e. The number of furan rings is 1. The Morgan fingerprint density at radius 3 is 2.59 bits per heavy atom. The maximum absolute atomic E-state index is 13.0. The number of carbonyl (C=O) groups is 1. The van der Waals surface area contributed by atoms with Gasteiger partial charge in [0.2, 0.25) is 5.91 Å². The Morgan fingerprint density at radius 2 is 1.83 bits per heavy atom. The first-order valence-corrected chi connectivity index (χ1v) is 10.2. The van der Waals surface area contributed by atoms with Crippen LogP contribution >= 0.6 is 0 Å². The van der Waals surface area contributed by atoms with Gasteiger partial charge in [-0.1, -0.05) is 12.1 Å². The Kier molecular flexibility index (Phi) is 5.47. The van der Waals surface area contributed by atoms with E-state index >= 15 is 0 Å². The molecule has 5 heteroatoms. The van der Waals surface area contributed by atoms with Crippen LogP contribution in [-0.4, -0.2) is 44.1 Å². The molecule has 3 aromatic rings. The summed E-state index contributed by atoms with van der Waals surface area (Å²) in [6.45, 7) is 7.45. The van der Waals surface area contributed by atoms with Crippen LogP contribution in [0.1, 0.15) is 23.1 Å². The SMILES string of the molecule is COc1ccc(N2CCCN(C(=O)Cc3coc4c(C)c(C)ccc34)CC2)cc1. The first kappa shape index (κ1) is 19.4. The van der Waals surface area contributed by atoms with Gasteiger partial charge in [0, 0.05) is 42.8 Å². The van der Waals surface area contributed by atoms with Crippen molar-refractivity contribution in [3.63, 3.8) is 0 Å². The van der Waals surface area contributed by atoms with Gasteiger partial charge >= 0.3 is 0 Å². The molecule has 1 aliphatic rings. The highest BCUT2D eigenvalue weighted by molar-refractivity contribution is 5.89.